The van der Waals surface area contributed by atoms with Crippen LogP contribution in [0, 0.1) is 17.7 Å². The first-order chi connectivity index (χ1) is 19.8. The van der Waals surface area contributed by atoms with E-state index in [1.54, 1.807) is 29.2 Å². The average molecular weight is 565 g/mol. The Bertz CT molecular complexity index is 1150. The van der Waals surface area contributed by atoms with Gasteiger partial charge in [-0.3, -0.25) is 14.4 Å². The lowest BCUT2D eigenvalue weighted by molar-refractivity contribution is -0.152. The van der Waals surface area contributed by atoms with Crippen molar-refractivity contribution in [2.75, 3.05) is 19.8 Å². The number of amides is 2. The van der Waals surface area contributed by atoms with Gasteiger partial charge in [0, 0.05) is 13.0 Å². The molecule has 2 aromatic carbocycles. The summed E-state index contributed by atoms with van der Waals surface area (Å²) >= 11 is 0. The van der Waals surface area contributed by atoms with Crippen molar-refractivity contribution in [3.05, 3.63) is 96.9 Å². The molecule has 41 heavy (non-hydrogen) atoms. The second-order valence-corrected chi connectivity index (χ2v) is 10.6. The Morgan fingerprint density at radius 1 is 1.00 bits per heavy atom. The van der Waals surface area contributed by atoms with E-state index in [0.29, 0.717) is 38.6 Å². The van der Waals surface area contributed by atoms with Crippen molar-refractivity contribution in [3.63, 3.8) is 0 Å². The monoisotopic (exact) mass is 564 g/mol. The van der Waals surface area contributed by atoms with Crippen LogP contribution in [0.25, 0.3) is 0 Å². The van der Waals surface area contributed by atoms with Crippen LogP contribution in [0.2, 0.25) is 0 Å². The van der Waals surface area contributed by atoms with Crippen LogP contribution >= 0.6 is 0 Å². The van der Waals surface area contributed by atoms with Gasteiger partial charge in [-0.2, -0.15) is 0 Å². The highest BCUT2D eigenvalue weighted by atomic mass is 19.1. The zero-order valence-corrected chi connectivity index (χ0v) is 23.6. The lowest BCUT2D eigenvalue weighted by Gasteiger charge is -2.29. The van der Waals surface area contributed by atoms with E-state index in [2.05, 4.69) is 18.5 Å². The minimum Gasteiger partial charge on any atom is -0.463 e. The first kappa shape index (κ1) is 31.7. The highest BCUT2D eigenvalue weighted by molar-refractivity contribution is 5.86. The van der Waals surface area contributed by atoms with E-state index >= 15 is 0 Å². The maximum absolute atomic E-state index is 13.5. The number of nitrogens with one attached hydrogen (secondary N) is 1. The van der Waals surface area contributed by atoms with Crippen molar-refractivity contribution in [1.29, 1.82) is 0 Å². The fourth-order valence-corrected chi connectivity index (χ4v) is 5.24. The Morgan fingerprint density at radius 3 is 2.32 bits per heavy atom. The number of benzene rings is 2. The molecule has 0 bridgehead atoms. The molecule has 1 aliphatic rings. The number of hydrogen-bond acceptors (Lipinski definition) is 5. The predicted molar refractivity (Wildman–Crippen MR) is 156 cm³/mol. The molecule has 1 aliphatic heterocycles. The highest BCUT2D eigenvalue weighted by Crippen LogP contribution is 2.24. The maximum Gasteiger partial charge on any atom is 0.309 e. The summed E-state index contributed by atoms with van der Waals surface area (Å²) in [6.45, 7) is 7.88. The number of halogens is 1. The van der Waals surface area contributed by atoms with E-state index in [1.807, 2.05) is 30.3 Å². The van der Waals surface area contributed by atoms with Crippen LogP contribution in [0.3, 0.4) is 0 Å². The molecule has 0 saturated carbocycles. The van der Waals surface area contributed by atoms with E-state index in [4.69, 9.17) is 4.74 Å². The minimum atomic E-state index is -0.605. The summed E-state index contributed by atoms with van der Waals surface area (Å²) in [5.74, 6) is -2.27. The first-order valence-electron chi connectivity index (χ1n) is 14.2. The summed E-state index contributed by atoms with van der Waals surface area (Å²) in [7, 11) is 0. The number of rotatable bonds is 16. The Hall–Kier alpha value is -3.78. The number of allylic oxidation sites excluding steroid dienone is 2. The fourth-order valence-electron chi connectivity index (χ4n) is 5.24. The number of nitrogens with zero attached hydrogens (tertiary/aromatic N) is 1. The van der Waals surface area contributed by atoms with Crippen LogP contribution in [0.1, 0.15) is 43.2 Å². The highest BCUT2D eigenvalue weighted by Gasteiger charge is 2.35. The lowest BCUT2D eigenvalue weighted by Crippen LogP contribution is -2.45. The summed E-state index contributed by atoms with van der Waals surface area (Å²) in [6, 6.07) is 14.9. The SMILES string of the molecule is C=CC[C@@H](Cc1ccc(F)cc1)C(=O)OC[C@H]1CCCN1C(=O)[C@@H](CC=C)CC(=O)N[C@@H](CO)Cc1ccccc1. The van der Waals surface area contributed by atoms with Gasteiger partial charge < -0.3 is 20.1 Å². The standard InChI is InChI=1S/C33H41FN2O5/c1-3-9-26(21-31(38)35-29(22-37)20-24-11-6-5-7-12-24)32(39)36-18-8-13-30(36)23-41-33(40)27(10-4-2)19-25-14-16-28(34)17-15-25/h3-7,11-12,14-17,26-27,29-30,37H,1-2,8-10,13,18-23H2,(H,35,38)/t26-,27-,29+,30+/m0/s1. The molecule has 8 heteroatoms. The van der Waals surface area contributed by atoms with Crippen molar-refractivity contribution >= 4 is 17.8 Å². The minimum absolute atomic E-state index is 0.0295. The van der Waals surface area contributed by atoms with Gasteiger partial charge in [0.05, 0.1) is 30.5 Å². The van der Waals surface area contributed by atoms with Gasteiger partial charge in [0.25, 0.3) is 0 Å². The molecular weight excluding hydrogens is 523 g/mol. The molecule has 2 amide bonds. The smallest absolute Gasteiger partial charge is 0.309 e. The second kappa shape index (κ2) is 16.5. The van der Waals surface area contributed by atoms with E-state index in [1.165, 1.54) is 12.1 Å². The lowest BCUT2D eigenvalue weighted by atomic mass is 9.96. The quantitative estimate of drug-likeness (QED) is 0.233. The zero-order chi connectivity index (χ0) is 29.6. The second-order valence-electron chi connectivity index (χ2n) is 10.6. The van der Waals surface area contributed by atoms with Gasteiger partial charge in [-0.15, -0.1) is 13.2 Å². The Kier molecular flexibility index (Phi) is 12.8. The number of aliphatic hydroxyl groups excluding tert-OH is 1. The largest absolute Gasteiger partial charge is 0.463 e. The van der Waals surface area contributed by atoms with Gasteiger partial charge in [-0.1, -0.05) is 54.6 Å². The van der Waals surface area contributed by atoms with Crippen molar-refractivity contribution < 1.29 is 28.6 Å². The zero-order valence-electron chi connectivity index (χ0n) is 23.6. The number of carbonyl (C=O) groups excluding carboxylic acids is 3. The molecule has 1 saturated heterocycles. The number of carbonyl (C=O) groups is 3. The molecular formula is C33H41FN2O5. The third-order valence-electron chi connectivity index (χ3n) is 7.40. The summed E-state index contributed by atoms with van der Waals surface area (Å²) in [5.41, 5.74) is 1.82. The Balaban J connectivity index is 1.56. The van der Waals surface area contributed by atoms with Crippen molar-refractivity contribution in [3.8, 4) is 0 Å². The van der Waals surface area contributed by atoms with Gasteiger partial charge in [-0.05, 0) is 61.8 Å². The maximum atomic E-state index is 13.5. The van der Waals surface area contributed by atoms with E-state index < -0.39 is 17.9 Å². The van der Waals surface area contributed by atoms with Gasteiger partial charge in [0.15, 0.2) is 0 Å². The van der Waals surface area contributed by atoms with Gasteiger partial charge in [-0.25, -0.2) is 4.39 Å². The van der Waals surface area contributed by atoms with Crippen LogP contribution in [-0.4, -0.2) is 59.6 Å². The number of likely N-dealkylation sites (tertiary alicyclic amines) is 1. The van der Waals surface area contributed by atoms with Crippen molar-refractivity contribution in [2.45, 2.75) is 57.0 Å². The average Bonchev–Trinajstić information content (AvgIpc) is 3.45. The fraction of sp³-hybridized carbons (Fsp3) is 0.424. The Morgan fingerprint density at radius 2 is 1.66 bits per heavy atom. The van der Waals surface area contributed by atoms with Crippen LogP contribution in [0.5, 0.6) is 0 Å². The molecule has 4 atom stereocenters. The van der Waals surface area contributed by atoms with Crippen LogP contribution < -0.4 is 5.32 Å². The van der Waals surface area contributed by atoms with Crippen molar-refractivity contribution in [1.82, 2.24) is 10.2 Å². The molecule has 0 aromatic heterocycles. The normalized spacial score (nSPS) is 16.8. The molecule has 0 aliphatic carbocycles. The molecule has 2 N–H and O–H groups in total. The molecule has 7 nitrogen and oxygen atoms in total. The number of ether oxygens (including phenoxy) is 1. The number of aliphatic hydroxyl groups is 1. The molecule has 3 rings (SSSR count). The Labute approximate surface area is 242 Å². The van der Waals surface area contributed by atoms with Gasteiger partial charge >= 0.3 is 5.97 Å². The van der Waals surface area contributed by atoms with Gasteiger partial charge in [0.1, 0.15) is 12.4 Å². The summed E-state index contributed by atoms with van der Waals surface area (Å²) < 4.78 is 19.0. The van der Waals surface area contributed by atoms with E-state index in [9.17, 15) is 23.9 Å². The van der Waals surface area contributed by atoms with E-state index in [0.717, 1.165) is 17.5 Å². The van der Waals surface area contributed by atoms with Crippen LogP contribution in [0.15, 0.2) is 79.9 Å². The summed E-state index contributed by atoms with van der Waals surface area (Å²) in [4.78, 5) is 41.1. The topological polar surface area (TPSA) is 95.9 Å². The molecule has 1 heterocycles. The third-order valence-corrected chi connectivity index (χ3v) is 7.40. The van der Waals surface area contributed by atoms with E-state index in [-0.39, 0.29) is 49.3 Å². The molecule has 0 unspecified atom stereocenters. The molecule has 220 valence electrons. The van der Waals surface area contributed by atoms with Crippen LogP contribution in [0.4, 0.5) is 4.39 Å². The predicted octanol–water partition coefficient (Wildman–Crippen LogP) is 4.40. The molecule has 0 spiro atoms. The van der Waals surface area contributed by atoms with Gasteiger partial charge in [0.2, 0.25) is 11.8 Å². The molecule has 0 radical (unpaired) electrons. The summed E-state index contributed by atoms with van der Waals surface area (Å²) in [5, 5.41) is 12.6. The molecule has 2 aromatic rings. The van der Waals surface area contributed by atoms with Crippen LogP contribution in [-0.2, 0) is 32.0 Å². The molecule has 1 fully saturated rings. The summed E-state index contributed by atoms with van der Waals surface area (Å²) in [6.07, 6.45) is 6.35. The number of hydrogen-bond donors (Lipinski definition) is 2. The number of esters is 1. The first-order valence-corrected chi connectivity index (χ1v) is 14.2. The van der Waals surface area contributed by atoms with Crippen molar-refractivity contribution in [2.24, 2.45) is 11.8 Å². The third kappa shape index (κ3) is 9.97.